The van der Waals surface area contributed by atoms with E-state index in [0.717, 1.165) is 16.6 Å². The Balaban J connectivity index is 2.20. The van der Waals surface area contributed by atoms with Gasteiger partial charge >= 0.3 is 5.97 Å². The quantitative estimate of drug-likeness (QED) is 0.704. The third kappa shape index (κ3) is 1.89. The third-order valence-electron chi connectivity index (χ3n) is 2.41. The molecule has 86 valence electrons. The molecule has 0 unspecified atom stereocenters. The number of hydrogen-bond acceptors (Lipinski definition) is 6. The van der Waals surface area contributed by atoms with Crippen LogP contribution >= 0.6 is 11.7 Å². The fourth-order valence-corrected chi connectivity index (χ4v) is 2.09. The van der Waals surface area contributed by atoms with Crippen LogP contribution in [0.1, 0.15) is 16.9 Å². The molecule has 8 heteroatoms. The molecule has 0 radical (unpaired) electrons. The zero-order valence-electron chi connectivity index (χ0n) is 8.11. The van der Waals surface area contributed by atoms with Crippen LogP contribution in [0.15, 0.2) is 6.20 Å². The van der Waals surface area contributed by atoms with Crippen molar-refractivity contribution in [3.8, 4) is 0 Å². The lowest BCUT2D eigenvalue weighted by Crippen LogP contribution is -2.40. The minimum atomic E-state index is -1.12. The molecule has 1 aliphatic rings. The molecule has 2 heterocycles. The number of aliphatic hydroxyl groups excluding tert-OH is 1. The number of carboxylic acids is 1. The number of amides is 1. The summed E-state index contributed by atoms with van der Waals surface area (Å²) in [4.78, 5) is 23.8. The minimum Gasteiger partial charge on any atom is -0.480 e. The maximum Gasteiger partial charge on any atom is 0.326 e. The van der Waals surface area contributed by atoms with Crippen LogP contribution in [0.2, 0.25) is 0 Å². The van der Waals surface area contributed by atoms with Crippen LogP contribution in [-0.4, -0.2) is 54.4 Å². The van der Waals surface area contributed by atoms with Gasteiger partial charge in [-0.1, -0.05) is 0 Å². The molecule has 1 aliphatic heterocycles. The number of carboxylic acid groups (broad SMARTS) is 1. The van der Waals surface area contributed by atoms with Gasteiger partial charge in [0.05, 0.1) is 24.0 Å². The molecule has 1 aromatic rings. The first-order chi connectivity index (χ1) is 7.59. The van der Waals surface area contributed by atoms with Crippen molar-refractivity contribution in [1.82, 2.24) is 13.6 Å². The Hall–Kier alpha value is -1.54. The number of rotatable bonds is 2. The molecular formula is C8H9N3O4S. The predicted octanol–water partition coefficient (Wildman–Crippen LogP) is -0.802. The van der Waals surface area contributed by atoms with Crippen LogP contribution in [0.5, 0.6) is 0 Å². The SMILES string of the molecule is O=C(O)[C@H]1C[C@@H](O)CN1C(=O)c1cnsn1. The Labute approximate surface area is 94.6 Å². The molecular weight excluding hydrogens is 234 g/mol. The van der Waals surface area contributed by atoms with Crippen molar-refractivity contribution in [2.75, 3.05) is 6.54 Å². The third-order valence-corrected chi connectivity index (χ3v) is 2.88. The van der Waals surface area contributed by atoms with Gasteiger partial charge < -0.3 is 15.1 Å². The lowest BCUT2D eigenvalue weighted by Gasteiger charge is -2.19. The minimum absolute atomic E-state index is 0.0212. The van der Waals surface area contributed by atoms with Gasteiger partial charge in [0.2, 0.25) is 0 Å². The van der Waals surface area contributed by atoms with E-state index in [1.807, 2.05) is 0 Å². The maximum absolute atomic E-state index is 11.8. The second kappa shape index (κ2) is 4.14. The van der Waals surface area contributed by atoms with Crippen molar-refractivity contribution in [3.05, 3.63) is 11.9 Å². The summed E-state index contributed by atoms with van der Waals surface area (Å²) in [5.74, 6) is -1.62. The predicted molar refractivity (Wildman–Crippen MR) is 53.0 cm³/mol. The van der Waals surface area contributed by atoms with Gasteiger partial charge in [-0.05, 0) is 0 Å². The van der Waals surface area contributed by atoms with Crippen LogP contribution in [0.4, 0.5) is 0 Å². The summed E-state index contributed by atoms with van der Waals surface area (Å²) >= 11 is 0.880. The van der Waals surface area contributed by atoms with Gasteiger partial charge in [-0.2, -0.15) is 8.75 Å². The normalized spacial score (nSPS) is 24.7. The van der Waals surface area contributed by atoms with Gasteiger partial charge in [0.15, 0.2) is 5.69 Å². The molecule has 0 aromatic carbocycles. The van der Waals surface area contributed by atoms with E-state index in [1.165, 1.54) is 6.20 Å². The van der Waals surface area contributed by atoms with E-state index >= 15 is 0 Å². The van der Waals surface area contributed by atoms with Gasteiger partial charge in [-0.15, -0.1) is 0 Å². The smallest absolute Gasteiger partial charge is 0.326 e. The van der Waals surface area contributed by atoms with Crippen molar-refractivity contribution >= 4 is 23.6 Å². The van der Waals surface area contributed by atoms with E-state index in [4.69, 9.17) is 5.11 Å². The van der Waals surface area contributed by atoms with Crippen LogP contribution in [0.3, 0.4) is 0 Å². The Morgan fingerprint density at radius 3 is 2.88 bits per heavy atom. The largest absolute Gasteiger partial charge is 0.480 e. The first-order valence-corrected chi connectivity index (χ1v) is 5.32. The van der Waals surface area contributed by atoms with Crippen molar-refractivity contribution in [2.24, 2.45) is 0 Å². The van der Waals surface area contributed by atoms with E-state index in [9.17, 15) is 14.7 Å². The number of aromatic nitrogens is 2. The highest BCUT2D eigenvalue weighted by Crippen LogP contribution is 2.20. The zero-order valence-corrected chi connectivity index (χ0v) is 8.92. The lowest BCUT2D eigenvalue weighted by atomic mass is 10.2. The van der Waals surface area contributed by atoms with E-state index in [0.29, 0.717) is 0 Å². The number of nitrogens with zero attached hydrogens (tertiary/aromatic N) is 3. The fourth-order valence-electron chi connectivity index (χ4n) is 1.68. The molecule has 2 atom stereocenters. The summed E-state index contributed by atoms with van der Waals surface area (Å²) in [5, 5.41) is 18.3. The summed E-state index contributed by atoms with van der Waals surface area (Å²) < 4.78 is 7.42. The highest BCUT2D eigenvalue weighted by Gasteiger charge is 2.39. The standard InChI is InChI=1S/C8H9N3O4S/c12-4-1-6(8(14)15)11(3-4)7(13)5-2-9-16-10-5/h2,4,6,12H,1,3H2,(H,14,15)/t4-,6-/m1/s1. The Kier molecular flexibility index (Phi) is 2.84. The number of carbonyl (C=O) groups excluding carboxylic acids is 1. The van der Waals surface area contributed by atoms with E-state index < -0.39 is 24.0 Å². The topological polar surface area (TPSA) is 104 Å². The first-order valence-electron chi connectivity index (χ1n) is 4.59. The van der Waals surface area contributed by atoms with Crippen LogP contribution in [0, 0.1) is 0 Å². The van der Waals surface area contributed by atoms with Crippen LogP contribution < -0.4 is 0 Å². The van der Waals surface area contributed by atoms with Gasteiger partial charge in [0, 0.05) is 13.0 Å². The second-order valence-electron chi connectivity index (χ2n) is 3.49. The highest BCUT2D eigenvalue weighted by atomic mass is 32.1. The van der Waals surface area contributed by atoms with Gasteiger partial charge in [0.25, 0.3) is 5.91 Å². The van der Waals surface area contributed by atoms with Gasteiger partial charge in [0.1, 0.15) is 6.04 Å². The first kappa shape index (κ1) is 11.0. The molecule has 16 heavy (non-hydrogen) atoms. The molecule has 7 nitrogen and oxygen atoms in total. The lowest BCUT2D eigenvalue weighted by molar-refractivity contribution is -0.141. The van der Waals surface area contributed by atoms with Crippen molar-refractivity contribution < 1.29 is 19.8 Å². The molecule has 0 saturated carbocycles. The molecule has 0 aliphatic carbocycles. The van der Waals surface area contributed by atoms with Crippen molar-refractivity contribution in [2.45, 2.75) is 18.6 Å². The van der Waals surface area contributed by atoms with E-state index in [-0.39, 0.29) is 18.7 Å². The van der Waals surface area contributed by atoms with Gasteiger partial charge in [-0.3, -0.25) is 4.79 Å². The van der Waals surface area contributed by atoms with Gasteiger partial charge in [-0.25, -0.2) is 4.79 Å². The Morgan fingerprint density at radius 1 is 1.56 bits per heavy atom. The maximum atomic E-state index is 11.8. The monoisotopic (exact) mass is 243 g/mol. The summed E-state index contributed by atoms with van der Waals surface area (Å²) in [6.45, 7) is 0.0212. The highest BCUT2D eigenvalue weighted by molar-refractivity contribution is 6.99. The summed E-state index contributed by atoms with van der Waals surface area (Å²) in [5.41, 5.74) is 0.116. The molecule has 1 saturated heterocycles. The van der Waals surface area contributed by atoms with E-state index in [2.05, 4.69) is 8.75 Å². The van der Waals surface area contributed by atoms with Crippen LogP contribution in [0.25, 0.3) is 0 Å². The van der Waals surface area contributed by atoms with Crippen molar-refractivity contribution in [1.29, 1.82) is 0 Å². The summed E-state index contributed by atoms with van der Waals surface area (Å²) in [7, 11) is 0. The Bertz CT molecular complexity index is 407. The van der Waals surface area contributed by atoms with E-state index in [1.54, 1.807) is 0 Å². The Morgan fingerprint density at radius 2 is 2.31 bits per heavy atom. The number of likely N-dealkylation sites (tertiary alicyclic amines) is 1. The number of carbonyl (C=O) groups is 2. The number of β-amino-alcohol motifs (C(OH)–C–C–N with tert-alkyl or cyclic N) is 1. The molecule has 0 spiro atoms. The second-order valence-corrected chi connectivity index (χ2v) is 4.05. The molecule has 1 aromatic heterocycles. The molecule has 1 fully saturated rings. The fraction of sp³-hybridized carbons (Fsp3) is 0.500. The number of aliphatic carboxylic acids is 1. The summed E-state index contributed by atoms with van der Waals surface area (Å²) in [6, 6.07) is -0.982. The van der Waals surface area contributed by atoms with Crippen LogP contribution in [-0.2, 0) is 4.79 Å². The number of hydrogen-bond donors (Lipinski definition) is 2. The average molecular weight is 243 g/mol. The zero-order chi connectivity index (χ0) is 11.7. The van der Waals surface area contributed by atoms with Crippen molar-refractivity contribution in [3.63, 3.8) is 0 Å². The molecule has 1 amide bonds. The molecule has 2 rings (SSSR count). The summed E-state index contributed by atoms with van der Waals surface area (Å²) in [6.07, 6.45) is 0.548. The average Bonchev–Trinajstić information content (AvgIpc) is 2.84. The molecule has 2 N–H and O–H groups in total. The number of aliphatic hydroxyl groups is 1. The molecule has 0 bridgehead atoms.